The lowest BCUT2D eigenvalue weighted by Gasteiger charge is -2.33. The standard InChI is InChI=1S/C13H21ClN4S/c1-3-5-15-13-16-8-11(14)12(17-13)18-6-7-19-10(4-2)9-18/h8,10H,3-7,9H2,1-2H3,(H,15,16,17). The molecule has 4 nitrogen and oxygen atoms in total. The van der Waals surface area contributed by atoms with Gasteiger partial charge in [-0.3, -0.25) is 0 Å². The van der Waals surface area contributed by atoms with E-state index in [0.717, 1.165) is 37.6 Å². The molecule has 2 rings (SSSR count). The van der Waals surface area contributed by atoms with Crippen LogP contribution in [0.2, 0.25) is 5.02 Å². The van der Waals surface area contributed by atoms with Crippen molar-refractivity contribution in [1.29, 1.82) is 0 Å². The molecule has 0 amide bonds. The Kier molecular flexibility index (Phi) is 5.58. The Labute approximate surface area is 124 Å². The van der Waals surface area contributed by atoms with Crippen molar-refractivity contribution in [1.82, 2.24) is 9.97 Å². The highest BCUT2D eigenvalue weighted by molar-refractivity contribution is 8.00. The second-order valence-electron chi connectivity index (χ2n) is 4.64. The summed E-state index contributed by atoms with van der Waals surface area (Å²) in [4.78, 5) is 11.1. The first-order chi connectivity index (χ1) is 9.24. The summed E-state index contributed by atoms with van der Waals surface area (Å²) in [6.07, 6.45) is 3.94. The zero-order chi connectivity index (χ0) is 13.7. The number of aromatic nitrogens is 2. The van der Waals surface area contributed by atoms with Crippen LogP contribution in [-0.4, -0.2) is 40.6 Å². The normalized spacial score (nSPS) is 19.5. The summed E-state index contributed by atoms with van der Waals surface area (Å²) < 4.78 is 0. The number of hydrogen-bond donors (Lipinski definition) is 1. The molecule has 0 spiro atoms. The Balaban J connectivity index is 2.13. The van der Waals surface area contributed by atoms with E-state index in [1.54, 1.807) is 6.20 Å². The van der Waals surface area contributed by atoms with Gasteiger partial charge in [0.15, 0.2) is 5.82 Å². The maximum absolute atomic E-state index is 6.25. The molecule has 19 heavy (non-hydrogen) atoms. The van der Waals surface area contributed by atoms with Gasteiger partial charge in [-0.15, -0.1) is 0 Å². The molecule has 0 aromatic carbocycles. The zero-order valence-corrected chi connectivity index (χ0v) is 13.1. The van der Waals surface area contributed by atoms with Gasteiger partial charge in [0.2, 0.25) is 5.95 Å². The predicted octanol–water partition coefficient (Wildman–Crippen LogP) is 3.28. The summed E-state index contributed by atoms with van der Waals surface area (Å²) in [5.74, 6) is 2.68. The van der Waals surface area contributed by atoms with Crippen LogP contribution in [0.5, 0.6) is 0 Å². The van der Waals surface area contributed by atoms with Gasteiger partial charge in [0, 0.05) is 30.6 Å². The second-order valence-corrected chi connectivity index (χ2v) is 6.45. The van der Waals surface area contributed by atoms with Crippen LogP contribution in [0.1, 0.15) is 26.7 Å². The molecular formula is C13H21ClN4S. The third kappa shape index (κ3) is 3.89. The Morgan fingerprint density at radius 3 is 3.11 bits per heavy atom. The monoisotopic (exact) mass is 300 g/mol. The molecule has 0 saturated carbocycles. The van der Waals surface area contributed by atoms with Crippen molar-refractivity contribution in [2.75, 3.05) is 35.6 Å². The van der Waals surface area contributed by atoms with Gasteiger partial charge in [0.25, 0.3) is 0 Å². The predicted molar refractivity (Wildman–Crippen MR) is 84.6 cm³/mol. The van der Waals surface area contributed by atoms with Crippen LogP contribution in [0.4, 0.5) is 11.8 Å². The third-order valence-corrected chi connectivity index (χ3v) is 4.79. The van der Waals surface area contributed by atoms with Crippen molar-refractivity contribution < 1.29 is 0 Å². The minimum absolute atomic E-state index is 0.642. The van der Waals surface area contributed by atoms with Gasteiger partial charge < -0.3 is 10.2 Å². The molecule has 1 aromatic heterocycles. The van der Waals surface area contributed by atoms with E-state index in [4.69, 9.17) is 11.6 Å². The minimum Gasteiger partial charge on any atom is -0.354 e. The zero-order valence-electron chi connectivity index (χ0n) is 11.5. The molecule has 2 heterocycles. The number of anilines is 2. The maximum atomic E-state index is 6.25. The first-order valence-corrected chi connectivity index (χ1v) is 8.30. The number of hydrogen-bond acceptors (Lipinski definition) is 5. The Morgan fingerprint density at radius 2 is 2.37 bits per heavy atom. The molecule has 1 fully saturated rings. The van der Waals surface area contributed by atoms with Gasteiger partial charge in [-0.25, -0.2) is 4.98 Å². The van der Waals surface area contributed by atoms with E-state index in [1.807, 2.05) is 11.8 Å². The van der Waals surface area contributed by atoms with Gasteiger partial charge in [-0.2, -0.15) is 16.7 Å². The average Bonchev–Trinajstić information content (AvgIpc) is 2.46. The van der Waals surface area contributed by atoms with Crippen molar-refractivity contribution in [3.8, 4) is 0 Å². The summed E-state index contributed by atoms with van der Waals surface area (Å²) in [5.41, 5.74) is 0. The van der Waals surface area contributed by atoms with E-state index < -0.39 is 0 Å². The first kappa shape index (κ1) is 14.7. The Bertz CT molecular complexity index is 416. The SMILES string of the molecule is CCCNc1ncc(Cl)c(N2CCSC(CC)C2)n1. The van der Waals surface area contributed by atoms with Crippen molar-refractivity contribution in [3.63, 3.8) is 0 Å². The van der Waals surface area contributed by atoms with Crippen molar-refractivity contribution >= 4 is 35.1 Å². The molecule has 1 unspecified atom stereocenters. The molecule has 1 aliphatic heterocycles. The molecule has 106 valence electrons. The van der Waals surface area contributed by atoms with E-state index >= 15 is 0 Å². The second kappa shape index (κ2) is 7.20. The van der Waals surface area contributed by atoms with Crippen LogP contribution >= 0.6 is 23.4 Å². The number of halogens is 1. The molecule has 6 heteroatoms. The lowest BCUT2D eigenvalue weighted by Crippen LogP contribution is -2.38. The minimum atomic E-state index is 0.642. The molecule has 0 aliphatic carbocycles. The Hall–Kier alpha value is -0.680. The lowest BCUT2D eigenvalue weighted by molar-refractivity contribution is 0.719. The third-order valence-electron chi connectivity index (χ3n) is 3.15. The van der Waals surface area contributed by atoms with E-state index in [-0.39, 0.29) is 0 Å². The van der Waals surface area contributed by atoms with Gasteiger partial charge in [0.1, 0.15) is 5.02 Å². The van der Waals surface area contributed by atoms with Crippen molar-refractivity contribution in [2.24, 2.45) is 0 Å². The smallest absolute Gasteiger partial charge is 0.224 e. The fourth-order valence-electron chi connectivity index (χ4n) is 2.06. The van der Waals surface area contributed by atoms with Gasteiger partial charge in [-0.05, 0) is 12.8 Å². The fourth-order valence-corrected chi connectivity index (χ4v) is 3.45. The topological polar surface area (TPSA) is 41.1 Å². The molecular weight excluding hydrogens is 280 g/mol. The van der Waals surface area contributed by atoms with E-state index in [0.29, 0.717) is 16.2 Å². The molecule has 1 atom stereocenters. The van der Waals surface area contributed by atoms with Gasteiger partial charge in [0.05, 0.1) is 6.20 Å². The fraction of sp³-hybridized carbons (Fsp3) is 0.692. The van der Waals surface area contributed by atoms with E-state index in [2.05, 4.69) is 34.0 Å². The van der Waals surface area contributed by atoms with Gasteiger partial charge in [-0.1, -0.05) is 25.4 Å². The van der Waals surface area contributed by atoms with Crippen LogP contribution in [0.25, 0.3) is 0 Å². The number of thioether (sulfide) groups is 1. The van der Waals surface area contributed by atoms with Crippen LogP contribution in [0.15, 0.2) is 6.20 Å². The highest BCUT2D eigenvalue weighted by atomic mass is 35.5. The number of nitrogens with one attached hydrogen (secondary N) is 1. The van der Waals surface area contributed by atoms with Crippen LogP contribution in [-0.2, 0) is 0 Å². The first-order valence-electron chi connectivity index (χ1n) is 6.87. The summed E-state index contributed by atoms with van der Waals surface area (Å²) in [7, 11) is 0. The molecule has 0 bridgehead atoms. The summed E-state index contributed by atoms with van der Waals surface area (Å²) in [5, 5.41) is 4.53. The molecule has 1 saturated heterocycles. The van der Waals surface area contributed by atoms with Crippen molar-refractivity contribution in [2.45, 2.75) is 31.9 Å². The summed E-state index contributed by atoms with van der Waals surface area (Å²) in [6.45, 7) is 7.26. The molecule has 1 aliphatic rings. The van der Waals surface area contributed by atoms with Crippen molar-refractivity contribution in [3.05, 3.63) is 11.2 Å². The maximum Gasteiger partial charge on any atom is 0.224 e. The molecule has 1 N–H and O–H groups in total. The molecule has 0 radical (unpaired) electrons. The van der Waals surface area contributed by atoms with Crippen LogP contribution in [0.3, 0.4) is 0 Å². The molecule has 1 aromatic rings. The summed E-state index contributed by atoms with van der Waals surface area (Å²) in [6, 6.07) is 0. The van der Waals surface area contributed by atoms with E-state index in [9.17, 15) is 0 Å². The number of rotatable bonds is 5. The summed E-state index contributed by atoms with van der Waals surface area (Å²) >= 11 is 8.30. The van der Waals surface area contributed by atoms with E-state index in [1.165, 1.54) is 6.42 Å². The van der Waals surface area contributed by atoms with Crippen LogP contribution < -0.4 is 10.2 Å². The highest BCUT2D eigenvalue weighted by Gasteiger charge is 2.22. The van der Waals surface area contributed by atoms with Crippen LogP contribution in [0, 0.1) is 0 Å². The Morgan fingerprint density at radius 1 is 1.53 bits per heavy atom. The lowest BCUT2D eigenvalue weighted by atomic mass is 10.3. The number of nitrogens with zero attached hydrogens (tertiary/aromatic N) is 3. The van der Waals surface area contributed by atoms with Gasteiger partial charge >= 0.3 is 0 Å². The largest absolute Gasteiger partial charge is 0.354 e. The quantitative estimate of drug-likeness (QED) is 0.904. The average molecular weight is 301 g/mol. The highest BCUT2D eigenvalue weighted by Crippen LogP contribution is 2.29.